The molecule has 0 aromatic carbocycles. The second-order valence-electron chi connectivity index (χ2n) is 1.37. The van der Waals surface area contributed by atoms with Crippen LogP contribution in [0.2, 0.25) is 0 Å². The molecular weight excluding hydrogens is 140 g/mol. The molecule has 9 heavy (non-hydrogen) atoms. The van der Waals surface area contributed by atoms with Crippen LogP contribution >= 0.6 is 0 Å². The van der Waals surface area contributed by atoms with Crippen LogP contribution in [0.4, 0.5) is 0 Å². The zero-order chi connectivity index (χ0) is 7.33. The summed E-state index contributed by atoms with van der Waals surface area (Å²) in [6.07, 6.45) is 4.67. The first-order valence-corrected chi connectivity index (χ1v) is 4.03. The van der Waals surface area contributed by atoms with Gasteiger partial charge in [-0.25, -0.2) is 8.42 Å². The maximum absolute atomic E-state index is 10.2. The topological polar surface area (TPSA) is 72.5 Å². The molecule has 0 saturated carbocycles. The Labute approximate surface area is 54.1 Å². The molecule has 0 aromatic rings. The summed E-state index contributed by atoms with van der Waals surface area (Å²) in [6.45, 7) is 0. The molecular formula is C4H8N2O2S. The largest absolute Gasteiger partial charge is 0.405 e. The van der Waals surface area contributed by atoms with E-state index in [9.17, 15) is 8.42 Å². The smallest absolute Gasteiger partial charge is 0.250 e. The fraction of sp³-hybridized carbons (Fsp3) is 0.250. The number of rotatable bonds is 2. The molecule has 0 spiro atoms. The molecule has 0 bridgehead atoms. The first kappa shape index (κ1) is 8.16. The van der Waals surface area contributed by atoms with Crippen LogP contribution in [0.25, 0.3) is 0 Å². The van der Waals surface area contributed by atoms with E-state index in [1.807, 2.05) is 0 Å². The highest BCUT2D eigenvalue weighted by Crippen LogP contribution is 1.80. The molecule has 0 radical (unpaired) electrons. The van der Waals surface area contributed by atoms with E-state index in [-0.39, 0.29) is 0 Å². The van der Waals surface area contributed by atoms with Gasteiger partial charge in [-0.1, -0.05) is 0 Å². The normalized spacial score (nSPS) is 13.4. The number of allylic oxidation sites excluding steroid dienone is 1. The lowest BCUT2D eigenvalue weighted by atomic mass is 10.7. The molecule has 0 unspecified atom stereocenters. The quantitative estimate of drug-likeness (QED) is 0.536. The van der Waals surface area contributed by atoms with Gasteiger partial charge in [0.25, 0.3) is 0 Å². The fourth-order valence-corrected chi connectivity index (χ4v) is 0.487. The third-order valence-corrected chi connectivity index (χ3v) is 0.954. The monoisotopic (exact) mass is 148 g/mol. The van der Waals surface area contributed by atoms with Crippen molar-refractivity contribution in [1.82, 2.24) is 0 Å². The van der Waals surface area contributed by atoms with Crippen LogP contribution in [0.3, 0.4) is 0 Å². The summed E-state index contributed by atoms with van der Waals surface area (Å²) in [7, 11) is -3.23. The lowest BCUT2D eigenvalue weighted by molar-refractivity contribution is 0.604. The summed E-state index contributed by atoms with van der Waals surface area (Å²) in [5.41, 5.74) is 4.89. The van der Waals surface area contributed by atoms with E-state index in [0.29, 0.717) is 0 Å². The molecule has 4 nitrogen and oxygen atoms in total. The molecule has 0 amide bonds. The van der Waals surface area contributed by atoms with Crippen molar-refractivity contribution in [3.05, 3.63) is 12.3 Å². The van der Waals surface area contributed by atoms with Crippen molar-refractivity contribution in [2.75, 3.05) is 6.26 Å². The van der Waals surface area contributed by atoms with Gasteiger partial charge >= 0.3 is 0 Å². The van der Waals surface area contributed by atoms with E-state index in [1.54, 1.807) is 0 Å². The van der Waals surface area contributed by atoms with Crippen molar-refractivity contribution in [2.45, 2.75) is 0 Å². The minimum atomic E-state index is -3.23. The molecule has 0 rings (SSSR count). The first-order valence-electron chi connectivity index (χ1n) is 2.18. The highest BCUT2D eigenvalue weighted by Gasteiger charge is 1.89. The average molecular weight is 148 g/mol. The molecule has 5 heteroatoms. The fourth-order valence-electron chi connectivity index (χ4n) is 0.195. The predicted molar refractivity (Wildman–Crippen MR) is 36.7 cm³/mol. The molecule has 0 atom stereocenters. The van der Waals surface area contributed by atoms with Gasteiger partial charge in [0.2, 0.25) is 10.0 Å². The molecule has 0 fully saturated rings. The van der Waals surface area contributed by atoms with Gasteiger partial charge in [0, 0.05) is 6.21 Å². The lowest BCUT2D eigenvalue weighted by Gasteiger charge is -1.79. The molecule has 0 aliphatic rings. The van der Waals surface area contributed by atoms with Gasteiger partial charge in [-0.15, -0.1) is 0 Å². The Morgan fingerprint density at radius 2 is 2.11 bits per heavy atom. The van der Waals surface area contributed by atoms with Crippen LogP contribution in [0, 0.1) is 0 Å². The van der Waals surface area contributed by atoms with Crippen molar-refractivity contribution in [3.8, 4) is 0 Å². The highest BCUT2D eigenvalue weighted by molar-refractivity contribution is 7.89. The number of hydrogen-bond acceptors (Lipinski definition) is 3. The maximum Gasteiger partial charge on any atom is 0.250 e. The predicted octanol–water partition coefficient (Wildman–Crippen LogP) is -0.511. The Hall–Kier alpha value is -0.840. The molecule has 0 saturated heterocycles. The van der Waals surface area contributed by atoms with E-state index in [1.165, 1.54) is 12.3 Å². The van der Waals surface area contributed by atoms with Crippen molar-refractivity contribution < 1.29 is 8.42 Å². The minimum Gasteiger partial charge on any atom is -0.405 e. The standard InChI is InChI=1S/C4H8N2O2S/c1-9(7,8)6-4-2-3-5/h2-4H,5H2,1H3. The summed E-state index contributed by atoms with van der Waals surface area (Å²) < 4.78 is 23.6. The van der Waals surface area contributed by atoms with Gasteiger partial charge in [0.05, 0.1) is 6.26 Å². The van der Waals surface area contributed by atoms with Crippen molar-refractivity contribution in [1.29, 1.82) is 0 Å². The third kappa shape index (κ3) is 7.16. The summed E-state index contributed by atoms with van der Waals surface area (Å²) in [6, 6.07) is 0. The average Bonchev–Trinajstić information content (AvgIpc) is 1.63. The number of sulfonamides is 1. The van der Waals surface area contributed by atoms with Gasteiger partial charge < -0.3 is 5.73 Å². The lowest BCUT2D eigenvalue weighted by Crippen LogP contribution is -1.89. The van der Waals surface area contributed by atoms with Crippen LogP contribution in [0.1, 0.15) is 0 Å². The Bertz CT molecular complexity index is 215. The molecule has 0 heterocycles. The molecule has 52 valence electrons. The van der Waals surface area contributed by atoms with Crippen molar-refractivity contribution >= 4 is 16.2 Å². The van der Waals surface area contributed by atoms with Gasteiger partial charge in [-0.05, 0) is 12.3 Å². The number of hydrogen-bond donors (Lipinski definition) is 1. The van der Waals surface area contributed by atoms with E-state index in [4.69, 9.17) is 5.73 Å². The molecule has 2 N–H and O–H groups in total. The Balaban J connectivity index is 4.03. The third-order valence-electron chi connectivity index (χ3n) is 0.450. The van der Waals surface area contributed by atoms with Gasteiger partial charge in [-0.2, -0.15) is 4.40 Å². The summed E-state index contributed by atoms with van der Waals surface area (Å²) in [4.78, 5) is 0. The molecule has 0 aromatic heterocycles. The summed E-state index contributed by atoms with van der Waals surface area (Å²) in [5, 5.41) is 0. The highest BCUT2D eigenvalue weighted by atomic mass is 32.2. The Morgan fingerprint density at radius 1 is 1.56 bits per heavy atom. The number of nitrogens with two attached hydrogens (primary N) is 1. The summed E-state index contributed by atoms with van der Waals surface area (Å²) >= 11 is 0. The molecule has 0 aliphatic heterocycles. The van der Waals surface area contributed by atoms with E-state index in [0.717, 1.165) is 12.5 Å². The van der Waals surface area contributed by atoms with E-state index in [2.05, 4.69) is 4.40 Å². The van der Waals surface area contributed by atoms with E-state index < -0.39 is 10.0 Å². The Morgan fingerprint density at radius 3 is 2.44 bits per heavy atom. The van der Waals surface area contributed by atoms with Crippen molar-refractivity contribution in [2.24, 2.45) is 10.1 Å². The van der Waals surface area contributed by atoms with Crippen LogP contribution in [0.15, 0.2) is 16.7 Å². The SMILES string of the molecule is CS(=O)(=O)N=CC=CN. The van der Waals surface area contributed by atoms with Gasteiger partial charge in [0.15, 0.2) is 0 Å². The van der Waals surface area contributed by atoms with Crippen LogP contribution in [0.5, 0.6) is 0 Å². The first-order chi connectivity index (χ1) is 4.06. The second kappa shape index (κ2) is 3.24. The van der Waals surface area contributed by atoms with Gasteiger partial charge in [0.1, 0.15) is 0 Å². The van der Waals surface area contributed by atoms with Crippen LogP contribution in [-0.2, 0) is 10.0 Å². The summed E-state index contributed by atoms with van der Waals surface area (Å²) in [5.74, 6) is 0. The second-order valence-corrected chi connectivity index (χ2v) is 3.05. The molecule has 0 aliphatic carbocycles. The van der Waals surface area contributed by atoms with Gasteiger partial charge in [-0.3, -0.25) is 0 Å². The maximum atomic E-state index is 10.2. The van der Waals surface area contributed by atoms with Crippen LogP contribution < -0.4 is 5.73 Å². The van der Waals surface area contributed by atoms with Crippen LogP contribution in [-0.4, -0.2) is 20.9 Å². The number of nitrogens with zero attached hydrogens (tertiary/aromatic N) is 1. The zero-order valence-electron chi connectivity index (χ0n) is 4.98. The minimum absolute atomic E-state index is 1.01. The van der Waals surface area contributed by atoms with Crippen molar-refractivity contribution in [3.63, 3.8) is 0 Å². The Kier molecular flexibility index (Phi) is 2.94. The zero-order valence-corrected chi connectivity index (χ0v) is 5.80. The van der Waals surface area contributed by atoms with E-state index >= 15 is 0 Å².